The Labute approximate surface area is 160 Å². The Balaban J connectivity index is -0.000000167. The van der Waals surface area contributed by atoms with Crippen LogP contribution in [0.4, 0.5) is 9.59 Å². The Morgan fingerprint density at radius 1 is 1.00 bits per heavy atom. The molecule has 0 rings (SSSR count). The molecule has 0 amide bonds. The summed E-state index contributed by atoms with van der Waals surface area (Å²) in [6.07, 6.45) is -4.20. The third kappa shape index (κ3) is 16.7. The average Bonchev–Trinajstić information content (AvgIpc) is 1.53. The molecular formula is C2H8Ca2NaO8P. The van der Waals surface area contributed by atoms with Gasteiger partial charge in [0.25, 0.3) is 0 Å². The van der Waals surface area contributed by atoms with E-state index in [0.29, 0.717) is 0 Å². The molecule has 12 heteroatoms. The van der Waals surface area contributed by atoms with Crippen molar-refractivity contribution in [3.8, 4) is 0 Å². The van der Waals surface area contributed by atoms with E-state index in [-0.39, 0.29) is 105 Å². The zero-order chi connectivity index (χ0) is 9.07. The Hall–Kier alpha value is 2.25. The first-order chi connectivity index (χ1) is 4.83. The van der Waals surface area contributed by atoms with Crippen molar-refractivity contribution < 1.29 is 38.3 Å². The van der Waals surface area contributed by atoms with E-state index in [2.05, 4.69) is 9.05 Å². The molecule has 0 aliphatic rings. The van der Waals surface area contributed by atoms with Gasteiger partial charge >= 0.3 is 125 Å². The maximum atomic E-state index is 10.2. The number of rotatable bonds is 2. The fourth-order valence-corrected chi connectivity index (χ4v) is 0.648. The summed E-state index contributed by atoms with van der Waals surface area (Å²) >= 11 is 0. The third-order valence-electron chi connectivity index (χ3n) is 0.387. The van der Waals surface area contributed by atoms with Crippen LogP contribution >= 0.6 is 7.82 Å². The predicted octanol–water partition coefficient (Wildman–Crippen LogP) is -2.00. The molecule has 0 atom stereocenters. The summed E-state index contributed by atoms with van der Waals surface area (Å²) in [4.78, 5) is 27.3. The van der Waals surface area contributed by atoms with Crippen LogP contribution in [-0.2, 0) is 13.6 Å². The first-order valence-corrected chi connectivity index (χ1v) is 3.51. The number of hydrogen-bond acceptors (Lipinski definition) is 5. The molecule has 14 heavy (non-hydrogen) atoms. The standard InChI is InChI=1S/C2H3O8P.2Ca.Na.5H/c3-1(4)9-11(7,8)10-2(5)6;;;;;;;;/h(H,3,4)(H,5,6)(H,7,8);;;;;;;;. The summed E-state index contributed by atoms with van der Waals surface area (Å²) in [7, 11) is -5.00. The van der Waals surface area contributed by atoms with Gasteiger partial charge in [-0.15, -0.1) is 0 Å². The molecule has 0 aromatic heterocycles. The third-order valence-corrected chi connectivity index (χ3v) is 1.16. The zero-order valence-electron chi connectivity index (χ0n) is 4.83. The summed E-state index contributed by atoms with van der Waals surface area (Å²) in [5.74, 6) is 0. The van der Waals surface area contributed by atoms with E-state index < -0.39 is 20.1 Å². The minimum atomic E-state index is -5.00. The van der Waals surface area contributed by atoms with Crippen LogP contribution in [0.3, 0.4) is 0 Å². The van der Waals surface area contributed by atoms with Gasteiger partial charge in [0.1, 0.15) is 0 Å². The van der Waals surface area contributed by atoms with Gasteiger partial charge in [-0.2, -0.15) is 0 Å². The van der Waals surface area contributed by atoms with Crippen molar-refractivity contribution in [1.82, 2.24) is 0 Å². The van der Waals surface area contributed by atoms with Crippen LogP contribution in [0.1, 0.15) is 0 Å². The molecule has 74 valence electrons. The summed E-state index contributed by atoms with van der Waals surface area (Å²) < 4.78 is 16.5. The van der Waals surface area contributed by atoms with E-state index in [1.165, 1.54) is 0 Å². The van der Waals surface area contributed by atoms with Crippen molar-refractivity contribution in [3.05, 3.63) is 0 Å². The first-order valence-electron chi connectivity index (χ1n) is 2.01. The minimum absolute atomic E-state index is 0. The van der Waals surface area contributed by atoms with Crippen molar-refractivity contribution in [1.29, 1.82) is 0 Å². The number of carbonyl (C=O) groups is 2. The zero-order valence-corrected chi connectivity index (χ0v) is 5.72. The van der Waals surface area contributed by atoms with E-state index in [1.54, 1.807) is 0 Å². The summed E-state index contributed by atoms with van der Waals surface area (Å²) in [6, 6.07) is 0. The number of phosphoric ester groups is 1. The SMILES string of the molecule is O=C(O)OP(=O)(O)OC(=O)O.[CaH2].[CaH2].[NaH]. The molecule has 0 aliphatic heterocycles. The molecular weight excluding hydrogens is 286 g/mol. The van der Waals surface area contributed by atoms with Gasteiger partial charge in [-0.25, -0.2) is 14.2 Å². The van der Waals surface area contributed by atoms with Gasteiger partial charge < -0.3 is 19.3 Å². The summed E-state index contributed by atoms with van der Waals surface area (Å²) in [5, 5.41) is 15.5. The van der Waals surface area contributed by atoms with Crippen molar-refractivity contribution in [2.45, 2.75) is 0 Å². The molecule has 0 bridgehead atoms. The quantitative estimate of drug-likeness (QED) is 0.393. The first kappa shape index (κ1) is 25.2. The van der Waals surface area contributed by atoms with E-state index in [9.17, 15) is 14.2 Å². The number of carboxylic acid groups (broad SMARTS) is 2. The molecule has 0 aliphatic carbocycles. The van der Waals surface area contributed by atoms with Crippen molar-refractivity contribution in [2.24, 2.45) is 0 Å². The molecule has 0 saturated heterocycles. The molecule has 0 fully saturated rings. The topological polar surface area (TPSA) is 130 Å². The van der Waals surface area contributed by atoms with Crippen molar-refractivity contribution >= 4 is 125 Å². The fourth-order valence-electron chi connectivity index (χ4n) is 0.216. The van der Waals surface area contributed by atoms with Crippen LogP contribution in [0.15, 0.2) is 0 Å². The summed E-state index contributed by atoms with van der Waals surface area (Å²) in [6.45, 7) is 0. The van der Waals surface area contributed by atoms with E-state index in [0.717, 1.165) is 0 Å². The monoisotopic (exact) mass is 294 g/mol. The second-order valence-corrected chi connectivity index (χ2v) is 2.49. The van der Waals surface area contributed by atoms with Gasteiger partial charge in [-0.05, 0) is 0 Å². The predicted molar refractivity (Wildman–Crippen MR) is 52.3 cm³/mol. The molecule has 0 aromatic carbocycles. The summed E-state index contributed by atoms with van der Waals surface area (Å²) in [5.41, 5.74) is 0. The van der Waals surface area contributed by atoms with Crippen LogP contribution < -0.4 is 0 Å². The second-order valence-electron chi connectivity index (χ2n) is 1.18. The Morgan fingerprint density at radius 3 is 1.36 bits per heavy atom. The molecule has 0 heterocycles. The molecule has 0 radical (unpaired) electrons. The van der Waals surface area contributed by atoms with E-state index in [4.69, 9.17) is 15.1 Å². The van der Waals surface area contributed by atoms with Crippen molar-refractivity contribution in [2.75, 3.05) is 0 Å². The maximum absolute atomic E-state index is 10.2. The second kappa shape index (κ2) is 11.7. The van der Waals surface area contributed by atoms with E-state index in [1.807, 2.05) is 0 Å². The van der Waals surface area contributed by atoms with Crippen LogP contribution in [0, 0.1) is 0 Å². The van der Waals surface area contributed by atoms with Crippen LogP contribution in [0.2, 0.25) is 0 Å². The Kier molecular flexibility index (Phi) is 21.1. The molecule has 0 aromatic rings. The normalized spacial score (nSPS) is 8.07. The molecule has 8 nitrogen and oxygen atoms in total. The number of hydrogen-bond donors (Lipinski definition) is 3. The van der Waals surface area contributed by atoms with Gasteiger partial charge in [0.15, 0.2) is 0 Å². The average molecular weight is 294 g/mol. The van der Waals surface area contributed by atoms with Gasteiger partial charge in [-0.3, -0.25) is 4.89 Å². The molecule has 3 N–H and O–H groups in total. The van der Waals surface area contributed by atoms with Crippen molar-refractivity contribution in [3.63, 3.8) is 0 Å². The van der Waals surface area contributed by atoms with E-state index >= 15 is 0 Å². The molecule has 0 saturated carbocycles. The van der Waals surface area contributed by atoms with Gasteiger partial charge in [0, 0.05) is 0 Å². The van der Waals surface area contributed by atoms with Crippen LogP contribution in [0.25, 0.3) is 0 Å². The Morgan fingerprint density at radius 2 is 1.21 bits per heavy atom. The van der Waals surface area contributed by atoms with Gasteiger partial charge in [0.2, 0.25) is 0 Å². The van der Waals surface area contributed by atoms with Crippen LogP contribution in [0.5, 0.6) is 0 Å². The van der Waals surface area contributed by atoms with Crippen LogP contribution in [-0.4, -0.2) is 132 Å². The fraction of sp³-hybridized carbons (Fsp3) is 0. The molecule has 0 spiro atoms. The molecule has 0 unspecified atom stereocenters. The number of phosphoric acid groups is 1. The van der Waals surface area contributed by atoms with Gasteiger partial charge in [-0.1, -0.05) is 0 Å². The van der Waals surface area contributed by atoms with Gasteiger partial charge in [0.05, 0.1) is 0 Å². The Bertz CT molecular complexity index is 211.